The summed E-state index contributed by atoms with van der Waals surface area (Å²) in [6.07, 6.45) is -0.617. The first-order chi connectivity index (χ1) is 10.1. The number of nitro benzene ring substituents is 1. The number of nitrogens with zero attached hydrogens (tertiary/aromatic N) is 1. The number of rotatable bonds is 4. The molecule has 106 valence electrons. The first kappa shape index (κ1) is 13.1. The zero-order chi connectivity index (χ0) is 14.8. The van der Waals surface area contributed by atoms with Crippen LogP contribution in [0.2, 0.25) is 0 Å². The molecule has 1 saturated heterocycles. The minimum atomic E-state index is -0.617. The Kier molecular flexibility index (Phi) is 3.27. The maximum atomic E-state index is 11.6. The van der Waals surface area contributed by atoms with Gasteiger partial charge in [0.1, 0.15) is 11.8 Å². The lowest BCUT2D eigenvalue weighted by Gasteiger charge is -2.36. The van der Waals surface area contributed by atoms with E-state index in [1.165, 1.54) is 12.1 Å². The summed E-state index contributed by atoms with van der Waals surface area (Å²) in [5.41, 5.74) is 0.797. The maximum absolute atomic E-state index is 11.6. The van der Waals surface area contributed by atoms with E-state index in [2.05, 4.69) is 5.32 Å². The highest BCUT2D eigenvalue weighted by Crippen LogP contribution is 2.29. The number of amides is 1. The molecular weight excluding hydrogens is 272 g/mol. The summed E-state index contributed by atoms with van der Waals surface area (Å²) >= 11 is 0. The molecular formula is C15H12N2O4. The van der Waals surface area contributed by atoms with Gasteiger partial charge >= 0.3 is 0 Å². The van der Waals surface area contributed by atoms with Crippen molar-refractivity contribution in [2.45, 2.75) is 12.1 Å². The lowest BCUT2D eigenvalue weighted by Crippen LogP contribution is -2.58. The highest BCUT2D eigenvalue weighted by Gasteiger charge is 2.42. The van der Waals surface area contributed by atoms with Crippen LogP contribution in [0.4, 0.5) is 5.69 Å². The van der Waals surface area contributed by atoms with E-state index in [1.807, 2.05) is 18.2 Å². The summed E-state index contributed by atoms with van der Waals surface area (Å²) in [6.45, 7) is 0. The van der Waals surface area contributed by atoms with E-state index in [-0.39, 0.29) is 17.6 Å². The van der Waals surface area contributed by atoms with Crippen LogP contribution in [0.25, 0.3) is 0 Å². The molecule has 2 aromatic rings. The summed E-state index contributed by atoms with van der Waals surface area (Å²) < 4.78 is 5.66. The Balaban J connectivity index is 1.76. The molecule has 1 amide bonds. The van der Waals surface area contributed by atoms with Crippen LogP contribution in [0.3, 0.4) is 0 Å². The summed E-state index contributed by atoms with van der Waals surface area (Å²) in [7, 11) is 0. The molecule has 0 unspecified atom stereocenters. The number of β-lactam (4-membered cyclic amide) rings is 1. The number of ether oxygens (including phenoxy) is 1. The van der Waals surface area contributed by atoms with E-state index < -0.39 is 11.0 Å². The fourth-order valence-corrected chi connectivity index (χ4v) is 2.19. The van der Waals surface area contributed by atoms with Crippen LogP contribution in [0, 0.1) is 10.1 Å². The minimum Gasteiger partial charge on any atom is -0.478 e. The van der Waals surface area contributed by atoms with E-state index in [1.54, 1.807) is 24.3 Å². The topological polar surface area (TPSA) is 81.5 Å². The molecule has 1 fully saturated rings. The molecule has 3 rings (SSSR count). The van der Waals surface area contributed by atoms with Gasteiger partial charge in [0.05, 0.1) is 4.92 Å². The van der Waals surface area contributed by atoms with Crippen molar-refractivity contribution in [2.24, 2.45) is 0 Å². The smallest absolute Gasteiger partial charge is 0.269 e. The van der Waals surface area contributed by atoms with Gasteiger partial charge < -0.3 is 10.1 Å². The van der Waals surface area contributed by atoms with Crippen LogP contribution >= 0.6 is 0 Å². The van der Waals surface area contributed by atoms with Crippen molar-refractivity contribution in [3.05, 3.63) is 70.3 Å². The highest BCUT2D eigenvalue weighted by atomic mass is 16.6. The Morgan fingerprint density at radius 3 is 2.29 bits per heavy atom. The van der Waals surface area contributed by atoms with Crippen molar-refractivity contribution in [3.63, 3.8) is 0 Å². The van der Waals surface area contributed by atoms with E-state index in [9.17, 15) is 14.9 Å². The van der Waals surface area contributed by atoms with Gasteiger partial charge in [-0.05, 0) is 29.8 Å². The summed E-state index contributed by atoms with van der Waals surface area (Å²) in [5.74, 6) is 0.423. The van der Waals surface area contributed by atoms with Gasteiger partial charge in [0.15, 0.2) is 0 Å². The zero-order valence-corrected chi connectivity index (χ0v) is 10.9. The van der Waals surface area contributed by atoms with Gasteiger partial charge in [-0.1, -0.05) is 18.2 Å². The Morgan fingerprint density at radius 2 is 1.71 bits per heavy atom. The van der Waals surface area contributed by atoms with Crippen LogP contribution in [0.1, 0.15) is 11.6 Å². The van der Waals surface area contributed by atoms with E-state index in [4.69, 9.17) is 4.74 Å². The van der Waals surface area contributed by atoms with Gasteiger partial charge in [0.2, 0.25) is 6.10 Å². The van der Waals surface area contributed by atoms with Crippen molar-refractivity contribution in [1.29, 1.82) is 0 Å². The minimum absolute atomic E-state index is 0.0185. The SMILES string of the molecule is O=C1N[C@H](c2ccc([N+](=O)[O-])cc2)[C@@H]1Oc1ccccc1. The van der Waals surface area contributed by atoms with Crippen molar-refractivity contribution in [3.8, 4) is 5.75 Å². The Labute approximate surface area is 120 Å². The average Bonchev–Trinajstić information content (AvgIpc) is 2.51. The summed E-state index contributed by atoms with van der Waals surface area (Å²) in [6, 6.07) is 14.9. The van der Waals surface area contributed by atoms with Crippen LogP contribution in [-0.2, 0) is 4.79 Å². The molecule has 0 aliphatic carbocycles. The van der Waals surface area contributed by atoms with Gasteiger partial charge in [0.25, 0.3) is 11.6 Å². The number of nitrogens with one attached hydrogen (secondary N) is 1. The predicted molar refractivity (Wildman–Crippen MR) is 74.8 cm³/mol. The number of hydrogen-bond donors (Lipinski definition) is 1. The monoisotopic (exact) mass is 284 g/mol. The average molecular weight is 284 g/mol. The lowest BCUT2D eigenvalue weighted by atomic mass is 9.93. The van der Waals surface area contributed by atoms with Gasteiger partial charge in [-0.2, -0.15) is 0 Å². The first-order valence-electron chi connectivity index (χ1n) is 6.41. The Bertz CT molecular complexity index is 670. The number of para-hydroxylation sites is 1. The van der Waals surface area contributed by atoms with Crippen LogP contribution in [-0.4, -0.2) is 16.9 Å². The zero-order valence-electron chi connectivity index (χ0n) is 10.9. The highest BCUT2D eigenvalue weighted by molar-refractivity contribution is 5.89. The molecule has 6 nitrogen and oxygen atoms in total. The molecule has 2 aromatic carbocycles. The summed E-state index contributed by atoms with van der Waals surface area (Å²) in [5, 5.41) is 13.4. The third-order valence-electron chi connectivity index (χ3n) is 3.33. The largest absolute Gasteiger partial charge is 0.478 e. The third kappa shape index (κ3) is 2.55. The second-order valence-corrected chi connectivity index (χ2v) is 4.69. The number of hydrogen-bond acceptors (Lipinski definition) is 4. The quantitative estimate of drug-likeness (QED) is 0.530. The van der Waals surface area contributed by atoms with E-state index >= 15 is 0 Å². The number of non-ortho nitro benzene ring substituents is 1. The fourth-order valence-electron chi connectivity index (χ4n) is 2.19. The molecule has 0 bridgehead atoms. The molecule has 0 saturated carbocycles. The summed E-state index contributed by atoms with van der Waals surface area (Å²) in [4.78, 5) is 21.8. The number of nitro groups is 1. The Morgan fingerprint density at radius 1 is 1.05 bits per heavy atom. The molecule has 2 atom stereocenters. The van der Waals surface area contributed by atoms with Gasteiger partial charge in [-0.25, -0.2) is 0 Å². The molecule has 1 N–H and O–H groups in total. The first-order valence-corrected chi connectivity index (χ1v) is 6.41. The fraction of sp³-hybridized carbons (Fsp3) is 0.133. The van der Waals surface area contributed by atoms with E-state index in [0.717, 1.165) is 5.56 Å². The number of carbonyl (C=O) groups is 1. The van der Waals surface area contributed by atoms with Crippen molar-refractivity contribution < 1.29 is 14.5 Å². The van der Waals surface area contributed by atoms with Gasteiger partial charge in [-0.3, -0.25) is 14.9 Å². The molecule has 0 spiro atoms. The normalized spacial score (nSPS) is 20.3. The lowest BCUT2D eigenvalue weighted by molar-refractivity contribution is -0.384. The maximum Gasteiger partial charge on any atom is 0.269 e. The molecule has 1 heterocycles. The second-order valence-electron chi connectivity index (χ2n) is 4.69. The van der Waals surface area contributed by atoms with E-state index in [0.29, 0.717) is 5.75 Å². The molecule has 1 aliphatic rings. The Hall–Kier alpha value is -2.89. The number of benzene rings is 2. The standard InChI is InChI=1S/C15H12N2O4/c18-15-14(21-12-4-2-1-3-5-12)13(16-15)10-6-8-11(9-7-10)17(19)20/h1-9,13-14H,(H,16,18)/t13-,14+/m1/s1. The van der Waals surface area contributed by atoms with Crippen LogP contribution in [0.15, 0.2) is 54.6 Å². The number of carbonyl (C=O) groups excluding carboxylic acids is 1. The van der Waals surface area contributed by atoms with Crippen LogP contribution < -0.4 is 10.1 Å². The molecule has 0 aromatic heterocycles. The molecule has 21 heavy (non-hydrogen) atoms. The van der Waals surface area contributed by atoms with Gasteiger partial charge in [-0.15, -0.1) is 0 Å². The van der Waals surface area contributed by atoms with Crippen LogP contribution in [0.5, 0.6) is 5.75 Å². The van der Waals surface area contributed by atoms with Crippen molar-refractivity contribution in [2.75, 3.05) is 0 Å². The molecule has 1 aliphatic heterocycles. The second kappa shape index (κ2) is 5.24. The molecule has 6 heteroatoms. The van der Waals surface area contributed by atoms with Crippen molar-refractivity contribution in [1.82, 2.24) is 5.32 Å². The molecule has 0 radical (unpaired) electrons. The third-order valence-corrected chi connectivity index (χ3v) is 3.33. The van der Waals surface area contributed by atoms with Gasteiger partial charge in [0, 0.05) is 12.1 Å². The predicted octanol–water partition coefficient (Wildman–Crippen LogP) is 2.21. The van der Waals surface area contributed by atoms with Crippen molar-refractivity contribution >= 4 is 11.6 Å².